The highest BCUT2D eigenvalue weighted by atomic mass is 32.1. The molecular weight excluding hydrogens is 272 g/mol. The van der Waals surface area contributed by atoms with Crippen molar-refractivity contribution in [3.8, 4) is 0 Å². The zero-order valence-electron chi connectivity index (χ0n) is 11.2. The number of ether oxygens (including phenoxy) is 1. The molecule has 5 heteroatoms. The molecule has 1 aromatic carbocycles. The first-order valence-corrected chi connectivity index (χ1v) is 7.28. The van der Waals surface area contributed by atoms with Gasteiger partial charge in [-0.1, -0.05) is 6.08 Å². The third-order valence-corrected chi connectivity index (χ3v) is 3.88. The Labute approximate surface area is 122 Å². The van der Waals surface area contributed by atoms with Crippen LogP contribution >= 0.6 is 11.3 Å². The van der Waals surface area contributed by atoms with Gasteiger partial charge in [0.15, 0.2) is 0 Å². The maximum atomic E-state index is 12.0. The number of nitrogen functional groups attached to an aromatic ring is 1. The molecule has 0 saturated carbocycles. The molecule has 106 valence electrons. The number of carbonyl (C=O) groups is 1. The first-order valence-electron chi connectivity index (χ1n) is 6.46. The molecule has 0 saturated heterocycles. The minimum absolute atomic E-state index is 0.0721. The zero-order chi connectivity index (χ0) is 14.4. The van der Waals surface area contributed by atoms with Gasteiger partial charge < -0.3 is 15.8 Å². The number of hydrogen-bond donors (Lipinski definition) is 2. The summed E-state index contributed by atoms with van der Waals surface area (Å²) in [5.41, 5.74) is 6.43. The van der Waals surface area contributed by atoms with Crippen LogP contribution in [0.5, 0.6) is 0 Å². The molecule has 0 unspecified atom stereocenters. The summed E-state index contributed by atoms with van der Waals surface area (Å²) in [6, 6.07) is 7.52. The van der Waals surface area contributed by atoms with Gasteiger partial charge in [0.1, 0.15) is 0 Å². The van der Waals surface area contributed by atoms with E-state index in [4.69, 9.17) is 10.5 Å². The Hall–Kier alpha value is -1.85. The molecule has 3 N–H and O–H groups in total. The summed E-state index contributed by atoms with van der Waals surface area (Å²) < 4.78 is 6.40. The lowest BCUT2D eigenvalue weighted by molar-refractivity contribution is 0.0922. The van der Waals surface area contributed by atoms with Gasteiger partial charge in [-0.05, 0) is 36.1 Å². The summed E-state index contributed by atoms with van der Waals surface area (Å²) in [6.45, 7) is 5.27. The normalized spacial score (nSPS) is 10.6. The van der Waals surface area contributed by atoms with Crippen LogP contribution in [-0.4, -0.2) is 25.7 Å². The standard InChI is InChI=1S/C15H18N2O2S/c1-2-3-7-19-8-6-17-15(18)14-10-11-9-12(16)4-5-13(11)20-14/h2,4-5,9-10H,1,3,6-8,16H2,(H,17,18). The first-order chi connectivity index (χ1) is 9.70. The number of nitrogens with two attached hydrogens (primary N) is 1. The molecule has 0 radical (unpaired) electrons. The van der Waals surface area contributed by atoms with Crippen molar-refractivity contribution in [3.05, 3.63) is 41.8 Å². The largest absolute Gasteiger partial charge is 0.399 e. The Morgan fingerprint density at radius 3 is 3.05 bits per heavy atom. The van der Waals surface area contributed by atoms with Gasteiger partial charge in [0.05, 0.1) is 18.1 Å². The van der Waals surface area contributed by atoms with Crippen LogP contribution in [0.2, 0.25) is 0 Å². The van der Waals surface area contributed by atoms with Gasteiger partial charge in [-0.15, -0.1) is 17.9 Å². The van der Waals surface area contributed by atoms with Crippen molar-refractivity contribution in [1.29, 1.82) is 0 Å². The van der Waals surface area contributed by atoms with Gasteiger partial charge in [0, 0.05) is 16.9 Å². The SMILES string of the molecule is C=CCCOCCNC(=O)c1cc2cc(N)ccc2s1. The minimum atomic E-state index is -0.0721. The van der Waals surface area contributed by atoms with E-state index in [1.807, 2.05) is 30.3 Å². The summed E-state index contributed by atoms with van der Waals surface area (Å²) in [4.78, 5) is 12.7. The molecule has 0 atom stereocenters. The van der Waals surface area contributed by atoms with Crippen LogP contribution in [0.4, 0.5) is 5.69 Å². The van der Waals surface area contributed by atoms with E-state index in [0.717, 1.165) is 16.5 Å². The molecule has 1 amide bonds. The van der Waals surface area contributed by atoms with E-state index in [2.05, 4.69) is 11.9 Å². The third-order valence-electron chi connectivity index (χ3n) is 2.76. The van der Waals surface area contributed by atoms with Crippen LogP contribution in [0.25, 0.3) is 10.1 Å². The lowest BCUT2D eigenvalue weighted by Crippen LogP contribution is -2.26. The summed E-state index contributed by atoms with van der Waals surface area (Å²) in [7, 11) is 0. The fourth-order valence-electron chi connectivity index (χ4n) is 1.77. The highest BCUT2D eigenvalue weighted by Gasteiger charge is 2.09. The molecule has 20 heavy (non-hydrogen) atoms. The fourth-order valence-corrected chi connectivity index (χ4v) is 2.73. The van der Waals surface area contributed by atoms with E-state index >= 15 is 0 Å². The van der Waals surface area contributed by atoms with Crippen molar-refractivity contribution in [2.45, 2.75) is 6.42 Å². The minimum Gasteiger partial charge on any atom is -0.399 e. The van der Waals surface area contributed by atoms with Gasteiger partial charge in [-0.3, -0.25) is 4.79 Å². The maximum absolute atomic E-state index is 12.0. The van der Waals surface area contributed by atoms with E-state index < -0.39 is 0 Å². The van der Waals surface area contributed by atoms with Crippen molar-refractivity contribution in [1.82, 2.24) is 5.32 Å². The molecule has 0 fully saturated rings. The molecule has 0 spiro atoms. The van der Waals surface area contributed by atoms with Crippen LogP contribution < -0.4 is 11.1 Å². The average Bonchev–Trinajstić information content (AvgIpc) is 2.85. The quantitative estimate of drug-likeness (QED) is 0.468. The lowest BCUT2D eigenvalue weighted by atomic mass is 10.2. The molecule has 1 heterocycles. The van der Waals surface area contributed by atoms with Gasteiger partial charge >= 0.3 is 0 Å². The Balaban J connectivity index is 1.86. The fraction of sp³-hybridized carbons (Fsp3) is 0.267. The molecule has 0 bridgehead atoms. The van der Waals surface area contributed by atoms with Crippen LogP contribution in [0, 0.1) is 0 Å². The van der Waals surface area contributed by atoms with E-state index in [9.17, 15) is 4.79 Å². The maximum Gasteiger partial charge on any atom is 0.261 e. The van der Waals surface area contributed by atoms with E-state index in [-0.39, 0.29) is 5.91 Å². The van der Waals surface area contributed by atoms with Gasteiger partial charge in [0.25, 0.3) is 5.91 Å². The number of rotatable bonds is 7. The van der Waals surface area contributed by atoms with Crippen molar-refractivity contribution >= 4 is 33.0 Å². The number of benzene rings is 1. The molecule has 2 rings (SSSR count). The van der Waals surface area contributed by atoms with E-state index in [0.29, 0.717) is 30.3 Å². The number of fused-ring (bicyclic) bond motifs is 1. The molecule has 1 aromatic heterocycles. The highest BCUT2D eigenvalue weighted by Crippen LogP contribution is 2.27. The molecular formula is C15H18N2O2S. The van der Waals surface area contributed by atoms with E-state index in [1.54, 1.807) is 0 Å². The topological polar surface area (TPSA) is 64.3 Å². The Kier molecular flexibility index (Phi) is 5.15. The van der Waals surface area contributed by atoms with Gasteiger partial charge in [-0.2, -0.15) is 0 Å². The summed E-state index contributed by atoms with van der Waals surface area (Å²) in [5.74, 6) is -0.0721. The van der Waals surface area contributed by atoms with Crippen LogP contribution in [0.1, 0.15) is 16.1 Å². The number of anilines is 1. The zero-order valence-corrected chi connectivity index (χ0v) is 12.0. The van der Waals surface area contributed by atoms with Crippen LogP contribution in [0.3, 0.4) is 0 Å². The second-order valence-corrected chi connectivity index (χ2v) is 5.44. The Bertz CT molecular complexity index is 607. The molecule has 0 aliphatic rings. The number of nitrogens with one attached hydrogen (secondary N) is 1. The average molecular weight is 290 g/mol. The molecule has 0 aliphatic carbocycles. The van der Waals surface area contributed by atoms with Crippen molar-refractivity contribution in [2.75, 3.05) is 25.5 Å². The molecule has 0 aliphatic heterocycles. The van der Waals surface area contributed by atoms with Crippen molar-refractivity contribution in [2.24, 2.45) is 0 Å². The summed E-state index contributed by atoms with van der Waals surface area (Å²) in [5, 5.41) is 3.84. The number of thiophene rings is 1. The van der Waals surface area contributed by atoms with E-state index in [1.165, 1.54) is 11.3 Å². The number of carbonyl (C=O) groups excluding carboxylic acids is 1. The Morgan fingerprint density at radius 2 is 2.25 bits per heavy atom. The highest BCUT2D eigenvalue weighted by molar-refractivity contribution is 7.20. The van der Waals surface area contributed by atoms with Gasteiger partial charge in [0.2, 0.25) is 0 Å². The first kappa shape index (κ1) is 14.6. The smallest absolute Gasteiger partial charge is 0.261 e. The van der Waals surface area contributed by atoms with Crippen molar-refractivity contribution < 1.29 is 9.53 Å². The monoisotopic (exact) mass is 290 g/mol. The number of hydrogen-bond acceptors (Lipinski definition) is 4. The summed E-state index contributed by atoms with van der Waals surface area (Å²) in [6.07, 6.45) is 2.63. The van der Waals surface area contributed by atoms with Crippen LogP contribution in [-0.2, 0) is 4.74 Å². The molecule has 2 aromatic rings. The van der Waals surface area contributed by atoms with Crippen molar-refractivity contribution in [3.63, 3.8) is 0 Å². The lowest BCUT2D eigenvalue weighted by Gasteiger charge is -2.04. The van der Waals surface area contributed by atoms with Crippen LogP contribution in [0.15, 0.2) is 36.9 Å². The Morgan fingerprint density at radius 1 is 1.40 bits per heavy atom. The second kappa shape index (κ2) is 7.07. The second-order valence-electron chi connectivity index (χ2n) is 4.35. The predicted octanol–water partition coefficient (Wildman–Crippen LogP) is 2.81. The van der Waals surface area contributed by atoms with Gasteiger partial charge in [-0.25, -0.2) is 0 Å². The predicted molar refractivity (Wildman–Crippen MR) is 84.2 cm³/mol. The summed E-state index contributed by atoms with van der Waals surface area (Å²) >= 11 is 1.46. The third kappa shape index (κ3) is 3.82. The molecule has 4 nitrogen and oxygen atoms in total. The number of amides is 1.